The van der Waals surface area contributed by atoms with Crippen molar-refractivity contribution in [2.24, 2.45) is 5.92 Å². The molecule has 0 aliphatic carbocycles. The molecule has 3 heterocycles. The van der Waals surface area contributed by atoms with E-state index >= 15 is 0 Å². The van der Waals surface area contributed by atoms with Crippen molar-refractivity contribution in [3.8, 4) is 0 Å². The van der Waals surface area contributed by atoms with Gasteiger partial charge < -0.3 is 19.7 Å². The number of aliphatic hydroxyl groups is 2. The second kappa shape index (κ2) is 4.93. The van der Waals surface area contributed by atoms with Gasteiger partial charge in [0, 0.05) is 5.92 Å². The molecule has 2 bridgehead atoms. The molecule has 2 unspecified atom stereocenters. The predicted molar refractivity (Wildman–Crippen MR) is 73.4 cm³/mol. The topological polar surface area (TPSA) is 71.4 Å². The minimum Gasteiger partial charge on any atom is -0.385 e. The highest BCUT2D eigenvalue weighted by atomic mass is 16.7. The van der Waals surface area contributed by atoms with Gasteiger partial charge in [-0.15, -0.1) is 0 Å². The Hall–Kier alpha value is -1.18. The van der Waals surface area contributed by atoms with Gasteiger partial charge in [0.15, 0.2) is 6.29 Å². The Morgan fingerprint density at radius 1 is 1.14 bits per heavy atom. The Morgan fingerprint density at radius 3 is 2.67 bits per heavy atom. The van der Waals surface area contributed by atoms with Gasteiger partial charge >= 0.3 is 0 Å². The highest BCUT2D eigenvalue weighted by Gasteiger charge is 2.57. The number of aliphatic hydroxyl groups excluding tert-OH is 2. The molecule has 0 spiro atoms. The van der Waals surface area contributed by atoms with E-state index in [1.54, 1.807) is 0 Å². The van der Waals surface area contributed by atoms with Crippen LogP contribution >= 0.6 is 0 Å². The fraction of sp³-hybridized carbons (Fsp3) is 0.600. The Labute approximate surface area is 122 Å². The van der Waals surface area contributed by atoms with Gasteiger partial charge in [0.25, 0.3) is 0 Å². The largest absolute Gasteiger partial charge is 0.385 e. The van der Waals surface area contributed by atoms with E-state index in [-0.39, 0.29) is 18.1 Å². The number of hydrogen-bond donors (Lipinski definition) is 2. The number of rotatable bonds is 1. The average Bonchev–Trinajstić information content (AvgIpc) is 2.90. The average molecular weight is 293 g/mol. The van der Waals surface area contributed by atoms with Gasteiger partial charge in [-0.25, -0.2) is 5.06 Å². The van der Waals surface area contributed by atoms with Crippen molar-refractivity contribution in [3.05, 3.63) is 30.3 Å². The fourth-order valence-electron chi connectivity index (χ4n) is 3.52. The molecule has 0 aromatic heterocycles. The first-order valence-corrected chi connectivity index (χ1v) is 7.31. The van der Waals surface area contributed by atoms with Crippen LogP contribution in [0.4, 0.5) is 5.69 Å². The minimum absolute atomic E-state index is 0.0752. The first kappa shape index (κ1) is 13.5. The first-order chi connectivity index (χ1) is 10.2. The lowest BCUT2D eigenvalue weighted by molar-refractivity contribution is -0.132. The van der Waals surface area contributed by atoms with Gasteiger partial charge in [-0.3, -0.25) is 4.84 Å². The summed E-state index contributed by atoms with van der Waals surface area (Å²) in [6.07, 6.45) is -3.24. The highest BCUT2D eigenvalue weighted by Crippen LogP contribution is 2.42. The summed E-state index contributed by atoms with van der Waals surface area (Å²) in [5.74, 6) is 0.178. The maximum absolute atomic E-state index is 10.0. The number of benzene rings is 1. The van der Waals surface area contributed by atoms with E-state index in [0.717, 1.165) is 5.69 Å². The summed E-state index contributed by atoms with van der Waals surface area (Å²) in [5.41, 5.74) is 0.942. The second-order valence-corrected chi connectivity index (χ2v) is 5.93. The Bertz CT molecular complexity index is 512. The van der Waals surface area contributed by atoms with E-state index in [0.29, 0.717) is 6.61 Å². The van der Waals surface area contributed by atoms with Crippen LogP contribution < -0.4 is 5.06 Å². The predicted octanol–water partition coefficient (Wildman–Crippen LogP) is 0.288. The van der Waals surface area contributed by atoms with E-state index in [9.17, 15) is 10.2 Å². The van der Waals surface area contributed by atoms with E-state index in [4.69, 9.17) is 14.3 Å². The van der Waals surface area contributed by atoms with E-state index < -0.39 is 24.6 Å². The summed E-state index contributed by atoms with van der Waals surface area (Å²) >= 11 is 0. The summed E-state index contributed by atoms with van der Waals surface area (Å²) in [5, 5.41) is 21.7. The number of nitrogens with zero attached hydrogens (tertiary/aromatic N) is 1. The second-order valence-electron chi connectivity index (χ2n) is 5.93. The molecule has 7 atom stereocenters. The van der Waals surface area contributed by atoms with Gasteiger partial charge in [-0.2, -0.15) is 0 Å². The highest BCUT2D eigenvalue weighted by molar-refractivity contribution is 5.46. The lowest BCUT2D eigenvalue weighted by atomic mass is 9.91. The molecule has 3 saturated heterocycles. The first-order valence-electron chi connectivity index (χ1n) is 7.31. The van der Waals surface area contributed by atoms with Gasteiger partial charge in [-0.1, -0.05) is 25.1 Å². The summed E-state index contributed by atoms with van der Waals surface area (Å²) < 4.78 is 11.3. The molecule has 3 fully saturated rings. The van der Waals surface area contributed by atoms with Crippen LogP contribution in [0, 0.1) is 5.92 Å². The van der Waals surface area contributed by atoms with Gasteiger partial charge in [0.05, 0.1) is 18.3 Å². The molecule has 6 heteroatoms. The SMILES string of the molecule is CC1[C@@H]2CO[C@H]3[C@H](OC(O)[C@@H]3O)[C@H]1N(c1ccccc1)O2. The number of para-hydroxylation sites is 1. The minimum atomic E-state index is -1.21. The van der Waals surface area contributed by atoms with Crippen LogP contribution in [0.15, 0.2) is 30.3 Å². The molecule has 21 heavy (non-hydrogen) atoms. The zero-order valence-corrected chi connectivity index (χ0v) is 11.7. The van der Waals surface area contributed by atoms with Crippen molar-refractivity contribution in [2.45, 2.75) is 43.7 Å². The zero-order valence-electron chi connectivity index (χ0n) is 11.7. The third-order valence-corrected chi connectivity index (χ3v) is 4.69. The van der Waals surface area contributed by atoms with Crippen LogP contribution in [0.1, 0.15) is 6.92 Å². The Kier molecular flexibility index (Phi) is 3.16. The van der Waals surface area contributed by atoms with Crippen LogP contribution in [-0.4, -0.2) is 53.6 Å². The lowest BCUT2D eigenvalue weighted by Gasteiger charge is -2.33. The zero-order chi connectivity index (χ0) is 14.6. The van der Waals surface area contributed by atoms with Crippen LogP contribution in [0.3, 0.4) is 0 Å². The van der Waals surface area contributed by atoms with Crippen molar-refractivity contribution >= 4 is 5.69 Å². The molecule has 0 radical (unpaired) electrons. The lowest BCUT2D eigenvalue weighted by Crippen LogP contribution is -2.48. The molecule has 0 saturated carbocycles. The molecular formula is C15H19NO5. The Balaban J connectivity index is 1.70. The van der Waals surface area contributed by atoms with Crippen molar-refractivity contribution in [3.63, 3.8) is 0 Å². The van der Waals surface area contributed by atoms with Crippen LogP contribution in [-0.2, 0) is 14.3 Å². The third-order valence-electron chi connectivity index (χ3n) is 4.69. The summed E-state index contributed by atoms with van der Waals surface area (Å²) in [6.45, 7) is 2.47. The summed E-state index contributed by atoms with van der Waals surface area (Å²) in [7, 11) is 0. The fourth-order valence-corrected chi connectivity index (χ4v) is 3.52. The summed E-state index contributed by atoms with van der Waals surface area (Å²) in [4.78, 5) is 6.01. The molecule has 114 valence electrons. The van der Waals surface area contributed by atoms with E-state index in [1.807, 2.05) is 35.4 Å². The number of anilines is 1. The normalized spacial score (nSPS) is 45.5. The number of fused-ring (bicyclic) bond motifs is 4. The standard InChI is InChI=1S/C15H19NO5/c1-8-10-7-19-14-12(17)15(18)20-13(14)11(8)16(21-10)9-5-3-2-4-6-9/h2-6,8,10-15,17-18H,7H2,1H3/t8?,10-,11-,12+,13+,14+,15?/m0/s1. The van der Waals surface area contributed by atoms with Gasteiger partial charge in [0.2, 0.25) is 0 Å². The molecule has 2 N–H and O–H groups in total. The van der Waals surface area contributed by atoms with Crippen molar-refractivity contribution in [1.29, 1.82) is 0 Å². The maximum Gasteiger partial charge on any atom is 0.184 e. The van der Waals surface area contributed by atoms with E-state index in [2.05, 4.69) is 6.92 Å². The van der Waals surface area contributed by atoms with Crippen LogP contribution in [0.5, 0.6) is 0 Å². The third kappa shape index (κ3) is 1.98. The van der Waals surface area contributed by atoms with E-state index in [1.165, 1.54) is 0 Å². The quantitative estimate of drug-likeness (QED) is 0.775. The monoisotopic (exact) mass is 293 g/mol. The van der Waals surface area contributed by atoms with Gasteiger partial charge in [0.1, 0.15) is 24.4 Å². The molecule has 1 aromatic rings. The smallest absolute Gasteiger partial charge is 0.184 e. The molecule has 4 rings (SSSR count). The molecule has 6 nitrogen and oxygen atoms in total. The number of hydrogen-bond acceptors (Lipinski definition) is 6. The summed E-state index contributed by atoms with van der Waals surface area (Å²) in [6, 6.07) is 9.70. The van der Waals surface area contributed by atoms with Gasteiger partial charge in [-0.05, 0) is 12.1 Å². The Morgan fingerprint density at radius 2 is 1.90 bits per heavy atom. The van der Waals surface area contributed by atoms with Crippen molar-refractivity contribution < 1.29 is 24.5 Å². The van der Waals surface area contributed by atoms with Crippen molar-refractivity contribution in [1.82, 2.24) is 0 Å². The molecule has 3 aliphatic rings. The molecule has 1 aromatic carbocycles. The number of hydroxylamine groups is 1. The number of ether oxygens (including phenoxy) is 2. The molecule has 3 aliphatic heterocycles. The maximum atomic E-state index is 10.0. The molecule has 0 amide bonds. The van der Waals surface area contributed by atoms with Crippen LogP contribution in [0.2, 0.25) is 0 Å². The molecular weight excluding hydrogens is 274 g/mol. The van der Waals surface area contributed by atoms with Crippen molar-refractivity contribution in [2.75, 3.05) is 11.7 Å². The van der Waals surface area contributed by atoms with Crippen LogP contribution in [0.25, 0.3) is 0 Å².